The van der Waals surface area contributed by atoms with Crippen LogP contribution in [-0.2, 0) is 23.7 Å². The van der Waals surface area contributed by atoms with Crippen LogP contribution in [0.3, 0.4) is 0 Å². The fraction of sp³-hybridized carbons (Fsp3) is 0.957. The Morgan fingerprint density at radius 3 is 2.33 bits per heavy atom. The second-order valence-electron chi connectivity index (χ2n) is 10.5. The molecule has 2 aliphatic heterocycles. The van der Waals surface area contributed by atoms with Crippen molar-refractivity contribution in [3.05, 3.63) is 0 Å². The zero-order chi connectivity index (χ0) is 29.0. The largest absolute Gasteiger partial charge is 0.394 e. The van der Waals surface area contributed by atoms with Gasteiger partial charge in [0.1, 0.15) is 36.6 Å². The number of ether oxygens (including phenoxy) is 4. The van der Waals surface area contributed by atoms with Gasteiger partial charge in [0.05, 0.1) is 30.8 Å². The first-order chi connectivity index (χ1) is 18.4. The molecule has 1 amide bonds. The molecule has 2 saturated heterocycles. The maximum absolute atomic E-state index is 16.3. The van der Waals surface area contributed by atoms with Crippen LogP contribution in [0.4, 0.5) is 4.39 Å². The maximum Gasteiger partial charge on any atom is 0.251 e. The quantitative estimate of drug-likeness (QED) is 0.119. The van der Waals surface area contributed by atoms with Crippen LogP contribution in [0.25, 0.3) is 0 Å². The average molecular weight is 569 g/mol. The number of nitrogens with zero attached hydrogens (tertiary/aromatic N) is 1. The first-order valence-electron chi connectivity index (χ1n) is 13.3. The summed E-state index contributed by atoms with van der Waals surface area (Å²) in [5.74, 6) is -0.730. The monoisotopic (exact) mass is 568 g/mol. The van der Waals surface area contributed by atoms with Crippen LogP contribution in [0.1, 0.15) is 25.7 Å². The highest BCUT2D eigenvalue weighted by molar-refractivity contribution is 5.80. The predicted octanol–water partition coefficient (Wildman–Crippen LogP) is -5.08. The molecule has 14 atom stereocenters. The van der Waals surface area contributed by atoms with Crippen LogP contribution >= 0.6 is 0 Å². The Labute approximate surface area is 226 Å². The van der Waals surface area contributed by atoms with E-state index >= 15 is 4.39 Å². The molecule has 2 heterocycles. The van der Waals surface area contributed by atoms with E-state index in [1.807, 2.05) is 0 Å². The molecule has 14 N–H and O–H groups in total. The van der Waals surface area contributed by atoms with E-state index in [1.54, 1.807) is 0 Å². The lowest BCUT2D eigenvalue weighted by atomic mass is 9.83. The number of nitrogens with two attached hydrogens (primary N) is 5. The number of rotatable bonds is 10. The normalized spacial score (nSPS) is 44.1. The van der Waals surface area contributed by atoms with Gasteiger partial charge in [0.2, 0.25) is 0 Å². The van der Waals surface area contributed by atoms with E-state index in [9.17, 15) is 25.2 Å². The van der Waals surface area contributed by atoms with E-state index in [0.29, 0.717) is 12.8 Å². The first-order valence-corrected chi connectivity index (χ1v) is 13.3. The minimum Gasteiger partial charge on any atom is -0.394 e. The Balaban J connectivity index is 1.87. The number of carbonyl (C=O) groups excluding carboxylic acids is 1. The van der Waals surface area contributed by atoms with Gasteiger partial charge in [-0.1, -0.05) is 0 Å². The zero-order valence-corrected chi connectivity index (χ0v) is 22.1. The van der Waals surface area contributed by atoms with E-state index in [4.69, 9.17) is 47.6 Å². The summed E-state index contributed by atoms with van der Waals surface area (Å²) >= 11 is 0. The predicted molar refractivity (Wildman–Crippen MR) is 134 cm³/mol. The average Bonchev–Trinajstić information content (AvgIpc) is 2.92. The third-order valence-corrected chi connectivity index (χ3v) is 7.79. The number of halogens is 1. The van der Waals surface area contributed by atoms with E-state index in [1.165, 1.54) is 7.05 Å². The molecule has 0 aromatic heterocycles. The van der Waals surface area contributed by atoms with Gasteiger partial charge in [-0.3, -0.25) is 4.79 Å². The summed E-state index contributed by atoms with van der Waals surface area (Å²) in [7, 11) is 1.36. The van der Waals surface area contributed by atoms with Gasteiger partial charge in [-0.15, -0.1) is 0 Å². The molecule has 0 aromatic carbocycles. The fourth-order valence-corrected chi connectivity index (χ4v) is 5.30. The minimum absolute atomic E-state index is 0.0210. The number of aliphatic hydroxyl groups excluding tert-OH is 4. The van der Waals surface area contributed by atoms with Crippen molar-refractivity contribution >= 4 is 5.91 Å². The van der Waals surface area contributed by atoms with Crippen molar-refractivity contribution in [3.63, 3.8) is 0 Å². The SMILES string of the molecule is CN(C(=O)[C@@H](O)CCN)[C@@H]1C[C@H](N)[C@@H](OC2O[C@H](CN)CC[C@H]2N)[C@@H](F)C1O[C@@H]1O[C@H](CO)[C@@H](O)[C@H](N)[C@H]1O. The topological polar surface area (TPSA) is 268 Å². The molecule has 15 nitrogen and oxygen atoms in total. The summed E-state index contributed by atoms with van der Waals surface area (Å²) in [5, 5.41) is 40.6. The number of hydrogen-bond acceptors (Lipinski definition) is 14. The van der Waals surface area contributed by atoms with Crippen molar-refractivity contribution in [1.82, 2.24) is 4.90 Å². The van der Waals surface area contributed by atoms with E-state index in [-0.39, 0.29) is 32.0 Å². The van der Waals surface area contributed by atoms with Crippen molar-refractivity contribution in [3.8, 4) is 0 Å². The van der Waals surface area contributed by atoms with Crippen molar-refractivity contribution in [2.24, 2.45) is 28.7 Å². The van der Waals surface area contributed by atoms with E-state index in [0.717, 1.165) is 4.90 Å². The lowest BCUT2D eigenvalue weighted by molar-refractivity contribution is -0.311. The highest BCUT2D eigenvalue weighted by Gasteiger charge is 2.53. The van der Waals surface area contributed by atoms with Gasteiger partial charge in [0.15, 0.2) is 18.8 Å². The first kappa shape index (κ1) is 32.4. The van der Waals surface area contributed by atoms with Gasteiger partial charge >= 0.3 is 0 Å². The third-order valence-electron chi connectivity index (χ3n) is 7.79. The molecule has 16 heteroatoms. The van der Waals surface area contributed by atoms with Crippen molar-refractivity contribution in [2.45, 2.75) is 111 Å². The molecule has 0 radical (unpaired) electrons. The van der Waals surface area contributed by atoms with Gasteiger partial charge in [0.25, 0.3) is 5.91 Å². The van der Waals surface area contributed by atoms with Crippen LogP contribution in [0.2, 0.25) is 0 Å². The van der Waals surface area contributed by atoms with Gasteiger partial charge in [-0.2, -0.15) is 0 Å². The molecule has 0 aromatic rings. The minimum atomic E-state index is -2.00. The Morgan fingerprint density at radius 1 is 1.05 bits per heavy atom. The molecule has 0 bridgehead atoms. The summed E-state index contributed by atoms with van der Waals surface area (Å²) in [4.78, 5) is 14.0. The molecular formula is C23H45FN6O9. The van der Waals surface area contributed by atoms with Crippen LogP contribution in [0.5, 0.6) is 0 Å². The van der Waals surface area contributed by atoms with Crippen LogP contribution in [0, 0.1) is 0 Å². The van der Waals surface area contributed by atoms with Gasteiger partial charge < -0.3 is 72.9 Å². The summed E-state index contributed by atoms with van der Waals surface area (Å²) in [6, 6.07) is -3.83. The molecule has 1 saturated carbocycles. The number of hydrogen-bond donors (Lipinski definition) is 9. The summed E-state index contributed by atoms with van der Waals surface area (Å²) in [6.07, 6.45) is -12.3. The highest BCUT2D eigenvalue weighted by atomic mass is 19.1. The molecule has 228 valence electrons. The fourth-order valence-electron chi connectivity index (χ4n) is 5.30. The van der Waals surface area contributed by atoms with E-state index < -0.39 is 92.1 Å². The number of likely N-dealkylation sites (N-methyl/N-ethyl adjacent to an activating group) is 1. The molecule has 0 spiro atoms. The van der Waals surface area contributed by atoms with Gasteiger partial charge in [-0.05, 0) is 32.2 Å². The van der Waals surface area contributed by atoms with Crippen LogP contribution in [-0.4, -0.2) is 144 Å². The van der Waals surface area contributed by atoms with Crippen molar-refractivity contribution in [2.75, 3.05) is 26.7 Å². The maximum atomic E-state index is 16.3. The highest BCUT2D eigenvalue weighted by Crippen LogP contribution is 2.34. The Hall–Kier alpha value is -1.12. The smallest absolute Gasteiger partial charge is 0.251 e. The molecular weight excluding hydrogens is 523 g/mol. The molecule has 39 heavy (non-hydrogen) atoms. The number of alkyl halides is 1. The van der Waals surface area contributed by atoms with Crippen molar-refractivity contribution < 1.29 is 48.6 Å². The second-order valence-corrected chi connectivity index (χ2v) is 10.5. The standard InChI is InChI=1S/C23H45FN6O9/c1-30(21(35)13(32)4-5-25)12-6-11(28)19(38-22-10(27)3-2-9(7-26)36-22)15(24)20(12)39-23-18(34)16(29)17(33)14(8-31)37-23/h9-20,22-23,31-34H,2-8,25-29H2,1H3/t9-,10+,11-,12+,13-,14+,15+,16-,17+,18+,19+,20?,22?,23-/m0/s1. The zero-order valence-electron chi connectivity index (χ0n) is 22.1. The summed E-state index contributed by atoms with van der Waals surface area (Å²) in [6.45, 7) is -0.375. The Kier molecular flexibility index (Phi) is 11.8. The molecule has 1 aliphatic carbocycles. The second kappa shape index (κ2) is 14.2. The molecule has 2 unspecified atom stereocenters. The third kappa shape index (κ3) is 7.21. The Morgan fingerprint density at radius 2 is 1.72 bits per heavy atom. The Bertz CT molecular complexity index is 790. The number of aliphatic hydroxyl groups is 4. The summed E-state index contributed by atoms with van der Waals surface area (Å²) < 4.78 is 39.5. The lowest BCUT2D eigenvalue weighted by Crippen LogP contribution is -2.68. The molecule has 3 fully saturated rings. The number of carbonyl (C=O) groups is 1. The number of amides is 1. The molecule has 3 rings (SSSR count). The van der Waals surface area contributed by atoms with Crippen LogP contribution < -0.4 is 28.7 Å². The van der Waals surface area contributed by atoms with Gasteiger partial charge in [0, 0.05) is 19.6 Å². The van der Waals surface area contributed by atoms with Crippen molar-refractivity contribution in [1.29, 1.82) is 0 Å². The van der Waals surface area contributed by atoms with Gasteiger partial charge in [-0.25, -0.2) is 4.39 Å². The molecule has 3 aliphatic rings. The lowest BCUT2D eigenvalue weighted by Gasteiger charge is -2.49. The summed E-state index contributed by atoms with van der Waals surface area (Å²) in [5.41, 5.74) is 29.6. The van der Waals surface area contributed by atoms with E-state index in [2.05, 4.69) is 0 Å². The van der Waals surface area contributed by atoms with Crippen LogP contribution in [0.15, 0.2) is 0 Å².